The van der Waals surface area contributed by atoms with Gasteiger partial charge in [0, 0.05) is 17.5 Å². The highest BCUT2D eigenvalue weighted by Crippen LogP contribution is 2.33. The molecule has 0 bridgehead atoms. The molecule has 0 aromatic heterocycles. The molecule has 1 amide bonds. The molecule has 1 fully saturated rings. The van der Waals surface area contributed by atoms with E-state index >= 15 is 0 Å². The zero-order chi connectivity index (χ0) is 18.7. The fourth-order valence-corrected chi connectivity index (χ4v) is 3.60. The van der Waals surface area contributed by atoms with Crippen molar-refractivity contribution in [1.29, 1.82) is 0 Å². The molecule has 26 heavy (non-hydrogen) atoms. The van der Waals surface area contributed by atoms with Crippen molar-refractivity contribution in [3.05, 3.63) is 65.2 Å². The lowest BCUT2D eigenvalue weighted by Gasteiger charge is -2.10. The van der Waals surface area contributed by atoms with Gasteiger partial charge in [-0.15, -0.1) is 0 Å². The van der Waals surface area contributed by atoms with E-state index in [9.17, 15) is 23.1 Å². The number of aliphatic hydroxyl groups is 1. The van der Waals surface area contributed by atoms with Gasteiger partial charge in [0.2, 0.25) is 0 Å². The number of carbonyl (C=O) groups is 2. The highest BCUT2D eigenvalue weighted by Gasteiger charge is 2.25. The second-order valence-electron chi connectivity index (χ2n) is 6.34. The molecule has 0 saturated heterocycles. The summed E-state index contributed by atoms with van der Waals surface area (Å²) in [7, 11) is -4.08. The third-order valence-corrected chi connectivity index (χ3v) is 5.66. The van der Waals surface area contributed by atoms with Gasteiger partial charge in [0.05, 0.1) is 11.5 Å². The Hall–Kier alpha value is -2.51. The summed E-state index contributed by atoms with van der Waals surface area (Å²) in [6.45, 7) is -0.374. The maximum atomic E-state index is 12.4. The summed E-state index contributed by atoms with van der Waals surface area (Å²) < 4.78 is 26.8. The Bertz CT molecular complexity index is 931. The molecule has 1 aliphatic carbocycles. The van der Waals surface area contributed by atoms with Gasteiger partial charge in [0.15, 0.2) is 5.78 Å². The van der Waals surface area contributed by atoms with Gasteiger partial charge < -0.3 is 5.11 Å². The van der Waals surface area contributed by atoms with E-state index in [0.717, 1.165) is 12.8 Å². The van der Waals surface area contributed by atoms with Crippen molar-refractivity contribution in [2.75, 3.05) is 0 Å². The molecule has 1 saturated carbocycles. The van der Waals surface area contributed by atoms with Crippen LogP contribution in [0.15, 0.2) is 53.4 Å². The molecule has 0 unspecified atom stereocenters. The van der Waals surface area contributed by atoms with E-state index in [-0.39, 0.29) is 22.8 Å². The van der Waals surface area contributed by atoms with E-state index in [1.54, 1.807) is 18.2 Å². The second-order valence-corrected chi connectivity index (χ2v) is 8.03. The molecule has 1 aliphatic rings. The van der Waals surface area contributed by atoms with Crippen LogP contribution in [-0.2, 0) is 16.6 Å². The number of sulfonamides is 1. The molecule has 2 aromatic carbocycles. The monoisotopic (exact) mass is 373 g/mol. The zero-order valence-corrected chi connectivity index (χ0v) is 14.8. The van der Waals surface area contributed by atoms with Crippen LogP contribution < -0.4 is 4.72 Å². The number of rotatable bonds is 7. The van der Waals surface area contributed by atoms with Crippen molar-refractivity contribution in [3.8, 4) is 0 Å². The molecular weight excluding hydrogens is 354 g/mol. The third-order valence-electron chi connectivity index (χ3n) is 4.32. The number of hydrogen-bond donors (Lipinski definition) is 2. The summed E-state index contributed by atoms with van der Waals surface area (Å²) in [6, 6.07) is 11.8. The van der Waals surface area contributed by atoms with Crippen molar-refractivity contribution in [1.82, 2.24) is 4.72 Å². The van der Waals surface area contributed by atoms with Crippen LogP contribution in [0.3, 0.4) is 0 Å². The molecular formula is C19H19NO5S. The summed E-state index contributed by atoms with van der Waals surface area (Å²) in [6.07, 6.45) is 2.62. The summed E-state index contributed by atoms with van der Waals surface area (Å²) in [5, 5.41) is 9.27. The fourth-order valence-electron chi connectivity index (χ4n) is 2.64. The molecule has 6 nitrogen and oxygen atoms in total. The maximum absolute atomic E-state index is 12.4. The minimum absolute atomic E-state index is 0.00245. The topological polar surface area (TPSA) is 101 Å². The van der Waals surface area contributed by atoms with Gasteiger partial charge in [-0.05, 0) is 42.5 Å². The van der Waals surface area contributed by atoms with Crippen molar-refractivity contribution in [3.63, 3.8) is 0 Å². The largest absolute Gasteiger partial charge is 0.392 e. The van der Waals surface area contributed by atoms with Gasteiger partial charge in [-0.1, -0.05) is 30.3 Å². The van der Waals surface area contributed by atoms with E-state index in [1.165, 1.54) is 30.3 Å². The summed E-state index contributed by atoms with van der Waals surface area (Å²) >= 11 is 0. The number of carbonyl (C=O) groups excluding carboxylic acids is 2. The van der Waals surface area contributed by atoms with Crippen molar-refractivity contribution in [2.45, 2.75) is 30.8 Å². The minimum Gasteiger partial charge on any atom is -0.392 e. The lowest BCUT2D eigenvalue weighted by atomic mass is 10.1. The quantitative estimate of drug-likeness (QED) is 0.725. The van der Waals surface area contributed by atoms with Crippen LogP contribution in [0.2, 0.25) is 0 Å². The first-order valence-corrected chi connectivity index (χ1v) is 9.78. The van der Waals surface area contributed by atoms with Crippen LogP contribution in [-0.4, -0.2) is 25.2 Å². The molecule has 2 N–H and O–H groups in total. The van der Waals surface area contributed by atoms with Crippen LogP contribution in [0.4, 0.5) is 0 Å². The van der Waals surface area contributed by atoms with E-state index in [4.69, 9.17) is 0 Å². The van der Waals surface area contributed by atoms with Crippen LogP contribution in [0.1, 0.15) is 45.5 Å². The minimum atomic E-state index is -4.08. The fraction of sp³-hybridized carbons (Fsp3) is 0.263. The molecule has 0 atom stereocenters. The number of Topliss-reactive ketones (excluding diaryl/α,β-unsaturated/α-hetero) is 1. The van der Waals surface area contributed by atoms with Gasteiger partial charge >= 0.3 is 0 Å². The first kappa shape index (κ1) is 18.3. The van der Waals surface area contributed by atoms with Crippen LogP contribution in [0, 0.1) is 5.92 Å². The number of aliphatic hydroxyl groups excluding tert-OH is 1. The van der Waals surface area contributed by atoms with Crippen molar-refractivity contribution >= 4 is 21.7 Å². The van der Waals surface area contributed by atoms with Gasteiger partial charge in [-0.2, -0.15) is 0 Å². The lowest BCUT2D eigenvalue weighted by Crippen LogP contribution is -2.31. The Morgan fingerprint density at radius 2 is 1.69 bits per heavy atom. The Morgan fingerprint density at radius 1 is 1.04 bits per heavy atom. The number of hydrogen-bond acceptors (Lipinski definition) is 5. The molecule has 0 radical (unpaired) electrons. The molecule has 7 heteroatoms. The molecule has 136 valence electrons. The van der Waals surface area contributed by atoms with E-state index in [2.05, 4.69) is 0 Å². The number of nitrogens with one attached hydrogen (secondary N) is 1. The second kappa shape index (κ2) is 7.39. The standard InChI is InChI=1S/C19H19NO5S/c21-12-15-3-1-2-4-17(15)19(23)20-26(24,25)16-9-7-14(8-10-16)18(22)11-13-5-6-13/h1-4,7-10,13,21H,5-6,11-12H2,(H,20,23). The summed E-state index contributed by atoms with van der Waals surface area (Å²) in [4.78, 5) is 24.2. The zero-order valence-electron chi connectivity index (χ0n) is 14.0. The third kappa shape index (κ3) is 4.17. The highest BCUT2D eigenvalue weighted by molar-refractivity contribution is 7.90. The summed E-state index contributed by atoms with van der Waals surface area (Å²) in [5.74, 6) is -0.363. The first-order valence-electron chi connectivity index (χ1n) is 8.30. The average molecular weight is 373 g/mol. The Kier molecular flexibility index (Phi) is 5.20. The number of benzene rings is 2. The average Bonchev–Trinajstić information content (AvgIpc) is 3.45. The lowest BCUT2D eigenvalue weighted by molar-refractivity contribution is 0.0968. The highest BCUT2D eigenvalue weighted by atomic mass is 32.2. The van der Waals surface area contributed by atoms with Crippen molar-refractivity contribution < 1.29 is 23.1 Å². The molecule has 0 aliphatic heterocycles. The molecule has 0 heterocycles. The molecule has 3 rings (SSSR count). The van der Waals surface area contributed by atoms with E-state index in [0.29, 0.717) is 23.5 Å². The van der Waals surface area contributed by atoms with E-state index < -0.39 is 15.9 Å². The van der Waals surface area contributed by atoms with Gasteiger partial charge in [0.25, 0.3) is 15.9 Å². The molecule has 0 spiro atoms. The SMILES string of the molecule is O=C(CC1CC1)c1ccc(S(=O)(=O)NC(=O)c2ccccc2CO)cc1. The molecule has 2 aromatic rings. The van der Waals surface area contributed by atoms with Gasteiger partial charge in [-0.3, -0.25) is 9.59 Å². The maximum Gasteiger partial charge on any atom is 0.265 e. The first-order chi connectivity index (χ1) is 12.4. The summed E-state index contributed by atoms with van der Waals surface area (Å²) in [5.41, 5.74) is 0.892. The predicted octanol–water partition coefficient (Wildman–Crippen LogP) is 2.28. The Morgan fingerprint density at radius 3 is 2.31 bits per heavy atom. The Balaban J connectivity index is 1.75. The van der Waals surface area contributed by atoms with Crippen LogP contribution >= 0.6 is 0 Å². The number of ketones is 1. The van der Waals surface area contributed by atoms with E-state index in [1.807, 2.05) is 4.72 Å². The smallest absolute Gasteiger partial charge is 0.265 e. The van der Waals surface area contributed by atoms with Crippen LogP contribution in [0.5, 0.6) is 0 Å². The number of amides is 1. The van der Waals surface area contributed by atoms with Crippen LogP contribution in [0.25, 0.3) is 0 Å². The van der Waals surface area contributed by atoms with Gasteiger partial charge in [0.1, 0.15) is 0 Å². The van der Waals surface area contributed by atoms with Crippen molar-refractivity contribution in [2.24, 2.45) is 5.92 Å². The van der Waals surface area contributed by atoms with Gasteiger partial charge in [-0.25, -0.2) is 13.1 Å². The normalized spacial score (nSPS) is 14.0. The predicted molar refractivity (Wildman–Crippen MR) is 95.1 cm³/mol. The Labute approximate surface area is 151 Å².